The van der Waals surface area contributed by atoms with Crippen molar-refractivity contribution in [1.29, 1.82) is 0 Å². The normalized spacial score (nSPS) is 29.2. The fourth-order valence-corrected chi connectivity index (χ4v) is 4.50. The van der Waals surface area contributed by atoms with Gasteiger partial charge in [-0.25, -0.2) is 4.39 Å². The van der Waals surface area contributed by atoms with Gasteiger partial charge in [0, 0.05) is 31.1 Å². The third kappa shape index (κ3) is 2.27. The first kappa shape index (κ1) is 16.5. The predicted molar refractivity (Wildman–Crippen MR) is 92.6 cm³/mol. The maximum Gasteiger partial charge on any atom is 0.316 e. The zero-order valence-corrected chi connectivity index (χ0v) is 14.3. The number of halogens is 1. The molecule has 0 radical (unpaired) electrons. The number of nitrogens with zero attached hydrogens (tertiary/aromatic N) is 2. The number of Topliss-reactive ketones (excluding diaryl/α,β-unsaturated/α-hetero) is 1. The Morgan fingerprint density at radius 1 is 1.19 bits per heavy atom. The van der Waals surface area contributed by atoms with Gasteiger partial charge in [-0.3, -0.25) is 14.4 Å². The average Bonchev–Trinajstić information content (AvgIpc) is 3.36. The van der Waals surface area contributed by atoms with Crippen LogP contribution in [0.2, 0.25) is 0 Å². The molecular formula is C18H18FN3O5. The molecule has 5 rings (SSSR count). The van der Waals surface area contributed by atoms with Gasteiger partial charge in [0.05, 0.1) is 23.2 Å². The van der Waals surface area contributed by atoms with E-state index in [9.17, 15) is 24.6 Å². The summed E-state index contributed by atoms with van der Waals surface area (Å²) < 4.78 is 15.0. The van der Waals surface area contributed by atoms with E-state index < -0.39 is 35.6 Å². The van der Waals surface area contributed by atoms with Gasteiger partial charge in [0.15, 0.2) is 5.78 Å². The summed E-state index contributed by atoms with van der Waals surface area (Å²) >= 11 is 0. The number of rotatable bonds is 2. The van der Waals surface area contributed by atoms with Crippen LogP contribution in [0.4, 0.5) is 21.5 Å². The first-order valence-corrected chi connectivity index (χ1v) is 9.02. The lowest BCUT2D eigenvalue weighted by Gasteiger charge is -2.40. The third-order valence-corrected chi connectivity index (χ3v) is 5.88. The highest BCUT2D eigenvalue weighted by Gasteiger charge is 2.48. The van der Waals surface area contributed by atoms with Crippen LogP contribution in [0.5, 0.6) is 0 Å². The van der Waals surface area contributed by atoms with Crippen LogP contribution < -0.4 is 15.1 Å². The summed E-state index contributed by atoms with van der Waals surface area (Å²) in [7, 11) is 0. The summed E-state index contributed by atoms with van der Waals surface area (Å²) in [6.07, 6.45) is 1.18. The molecule has 8 nitrogen and oxygen atoms in total. The first-order chi connectivity index (χ1) is 12.9. The highest BCUT2D eigenvalue weighted by molar-refractivity contribution is 6.18. The molecule has 0 bridgehead atoms. The van der Waals surface area contributed by atoms with Crippen molar-refractivity contribution in [2.24, 2.45) is 5.92 Å². The number of carbonyl (C=O) groups is 3. The fourth-order valence-electron chi connectivity index (χ4n) is 4.50. The highest BCUT2D eigenvalue weighted by atomic mass is 19.1. The molecular weight excluding hydrogens is 357 g/mol. The van der Waals surface area contributed by atoms with Gasteiger partial charge in [0.2, 0.25) is 5.91 Å². The van der Waals surface area contributed by atoms with Crippen LogP contribution in [0.3, 0.4) is 0 Å². The van der Waals surface area contributed by atoms with E-state index in [0.29, 0.717) is 5.69 Å². The number of ketones is 1. The second kappa shape index (κ2) is 5.41. The quantitative estimate of drug-likeness (QED) is 0.649. The van der Waals surface area contributed by atoms with Crippen molar-refractivity contribution in [2.45, 2.75) is 37.5 Å². The van der Waals surface area contributed by atoms with Crippen LogP contribution >= 0.6 is 0 Å². The van der Waals surface area contributed by atoms with Gasteiger partial charge in [-0.15, -0.1) is 0 Å². The van der Waals surface area contributed by atoms with Crippen molar-refractivity contribution in [3.8, 4) is 0 Å². The molecule has 1 saturated carbocycles. The number of carboxylic acid groups (broad SMARTS) is 1. The van der Waals surface area contributed by atoms with E-state index in [4.69, 9.17) is 0 Å². The number of benzene rings is 1. The second-order valence-electron chi connectivity index (χ2n) is 7.66. The number of carboxylic acids is 1. The lowest BCUT2D eigenvalue weighted by Crippen LogP contribution is -2.48. The maximum atomic E-state index is 15.0. The number of anilines is 3. The monoisotopic (exact) mass is 375 g/mol. The second-order valence-corrected chi connectivity index (χ2v) is 7.66. The number of aliphatic hydroxyl groups excluding tert-OH is 1. The Labute approximate surface area is 153 Å². The minimum atomic E-state index is -1.25. The van der Waals surface area contributed by atoms with E-state index >= 15 is 4.39 Å². The maximum absolute atomic E-state index is 15.0. The van der Waals surface area contributed by atoms with Gasteiger partial charge in [-0.05, 0) is 18.9 Å². The number of hydrogen-bond donors (Lipinski definition) is 3. The van der Waals surface area contributed by atoms with Crippen molar-refractivity contribution in [1.82, 2.24) is 0 Å². The summed E-state index contributed by atoms with van der Waals surface area (Å²) in [4.78, 5) is 40.1. The summed E-state index contributed by atoms with van der Waals surface area (Å²) in [5.74, 6) is -4.18. The lowest BCUT2D eigenvalue weighted by molar-refractivity contribution is -0.139. The Kier molecular flexibility index (Phi) is 3.31. The summed E-state index contributed by atoms with van der Waals surface area (Å²) in [5, 5.41) is 22.1. The number of nitrogens with one attached hydrogen (secondary N) is 1. The van der Waals surface area contributed by atoms with Gasteiger partial charge >= 0.3 is 5.97 Å². The van der Waals surface area contributed by atoms with Crippen LogP contribution in [0.15, 0.2) is 6.07 Å². The van der Waals surface area contributed by atoms with Gasteiger partial charge in [-0.1, -0.05) is 0 Å². The van der Waals surface area contributed by atoms with Crippen molar-refractivity contribution in [3.05, 3.63) is 17.4 Å². The largest absolute Gasteiger partial charge is 0.481 e. The number of amides is 1. The number of fused-ring (bicyclic) bond motifs is 5. The Balaban J connectivity index is 1.72. The minimum absolute atomic E-state index is 0.00436. The summed E-state index contributed by atoms with van der Waals surface area (Å²) in [5.41, 5.74) is 0.784. The molecule has 3 N–H and O–H groups in total. The lowest BCUT2D eigenvalue weighted by atomic mass is 9.88. The van der Waals surface area contributed by atoms with Gasteiger partial charge in [0.25, 0.3) is 0 Å². The standard InChI is InChI=1S/C18H18FN3O5/c19-11-4-9-14(21(7-1-2-7)6-10(16(9)24)18(26)27)13-15(11)22-5-8(23)3-12(22)17(25)20-13/h4,7-8,10,12,23H,1-3,5-6H2,(H,20,25)(H,26,27). The Morgan fingerprint density at radius 3 is 2.59 bits per heavy atom. The average molecular weight is 375 g/mol. The van der Waals surface area contributed by atoms with E-state index in [1.54, 1.807) is 4.90 Å². The molecule has 4 aliphatic rings. The molecule has 3 heterocycles. The topological polar surface area (TPSA) is 110 Å². The van der Waals surface area contributed by atoms with Crippen molar-refractivity contribution < 1.29 is 29.0 Å². The Bertz CT molecular complexity index is 899. The summed E-state index contributed by atoms with van der Waals surface area (Å²) in [6, 6.07) is 0.507. The predicted octanol–water partition coefficient (Wildman–Crippen LogP) is 0.583. The fraction of sp³-hybridized carbons (Fsp3) is 0.500. The molecule has 3 unspecified atom stereocenters. The molecule has 27 heavy (non-hydrogen) atoms. The highest BCUT2D eigenvalue weighted by Crippen LogP contribution is 2.50. The zero-order valence-electron chi connectivity index (χ0n) is 14.3. The van der Waals surface area contributed by atoms with Crippen LogP contribution in [0, 0.1) is 11.7 Å². The van der Waals surface area contributed by atoms with E-state index in [1.807, 2.05) is 4.90 Å². The van der Waals surface area contributed by atoms with Crippen LogP contribution in [-0.2, 0) is 9.59 Å². The molecule has 1 aromatic carbocycles. The first-order valence-electron chi connectivity index (χ1n) is 9.02. The number of hydrogen-bond acceptors (Lipinski definition) is 6. The summed E-state index contributed by atoms with van der Waals surface area (Å²) in [6.45, 7) is 0.141. The van der Waals surface area contributed by atoms with Crippen molar-refractivity contribution in [2.75, 3.05) is 28.2 Å². The molecule has 9 heteroatoms. The number of aliphatic hydroxyl groups is 1. The molecule has 3 atom stereocenters. The number of carbonyl (C=O) groups excluding carboxylic acids is 2. The molecule has 1 aromatic rings. The molecule has 1 saturated heterocycles. The zero-order chi connectivity index (χ0) is 19.0. The molecule has 0 spiro atoms. The van der Waals surface area contributed by atoms with E-state index in [1.165, 1.54) is 0 Å². The third-order valence-electron chi connectivity index (χ3n) is 5.88. The van der Waals surface area contributed by atoms with Crippen molar-refractivity contribution >= 4 is 34.7 Å². The van der Waals surface area contributed by atoms with E-state index in [0.717, 1.165) is 18.9 Å². The molecule has 142 valence electrons. The van der Waals surface area contributed by atoms with E-state index in [2.05, 4.69) is 5.32 Å². The van der Waals surface area contributed by atoms with Gasteiger partial charge < -0.3 is 25.3 Å². The van der Waals surface area contributed by atoms with Gasteiger partial charge in [-0.2, -0.15) is 0 Å². The van der Waals surface area contributed by atoms with Crippen molar-refractivity contribution in [3.63, 3.8) is 0 Å². The smallest absolute Gasteiger partial charge is 0.316 e. The molecule has 1 aliphatic carbocycles. The molecule has 2 fully saturated rings. The van der Waals surface area contributed by atoms with Gasteiger partial charge in [0.1, 0.15) is 17.8 Å². The minimum Gasteiger partial charge on any atom is -0.481 e. The van der Waals surface area contributed by atoms with Crippen LogP contribution in [-0.4, -0.2) is 59.1 Å². The van der Waals surface area contributed by atoms with Crippen LogP contribution in [0.1, 0.15) is 29.6 Å². The van der Waals surface area contributed by atoms with Crippen LogP contribution in [0.25, 0.3) is 0 Å². The number of aliphatic carboxylic acids is 1. The SMILES string of the molecule is O=C(O)C1CN(C2CC2)c2c(cc(F)c3c2NC(=O)C2CC(O)CN32)C1=O. The Hall–Kier alpha value is -2.68. The molecule has 3 aliphatic heterocycles. The molecule has 0 aromatic heterocycles. The van der Waals surface area contributed by atoms with E-state index in [-0.39, 0.29) is 48.4 Å². The molecule has 1 amide bonds. The Morgan fingerprint density at radius 2 is 1.93 bits per heavy atom.